The number of methoxy groups -OCH3 is 1. The van der Waals surface area contributed by atoms with Gasteiger partial charge in [-0.25, -0.2) is 0 Å². The summed E-state index contributed by atoms with van der Waals surface area (Å²) in [5.41, 5.74) is 0.577. The van der Waals surface area contributed by atoms with Crippen LogP contribution in [0.2, 0.25) is 0 Å². The number of ketones is 1. The van der Waals surface area contributed by atoms with Crippen LogP contribution >= 0.6 is 11.8 Å². The van der Waals surface area contributed by atoms with Gasteiger partial charge in [0.25, 0.3) is 0 Å². The normalized spacial score (nSPS) is 13.2. The molecule has 0 saturated heterocycles. The Bertz CT molecular complexity index is 682. The number of hydrogen-bond donors (Lipinski definition) is 0. The van der Waals surface area contributed by atoms with Crippen LogP contribution in [0.1, 0.15) is 16.8 Å². The minimum atomic E-state index is 0.0876. The third kappa shape index (κ3) is 3.79. The Kier molecular flexibility index (Phi) is 5.08. The summed E-state index contributed by atoms with van der Waals surface area (Å²) >= 11 is 1.70. The Labute approximate surface area is 139 Å². The molecule has 1 heterocycles. The van der Waals surface area contributed by atoms with Crippen LogP contribution in [0.3, 0.4) is 0 Å². The zero-order valence-electron chi connectivity index (χ0n) is 12.9. The molecule has 3 rings (SSSR count). The van der Waals surface area contributed by atoms with Crippen molar-refractivity contribution in [3.63, 3.8) is 0 Å². The summed E-state index contributed by atoms with van der Waals surface area (Å²) < 4.78 is 16.4. The van der Waals surface area contributed by atoms with E-state index < -0.39 is 0 Å². The van der Waals surface area contributed by atoms with E-state index in [1.807, 2.05) is 42.5 Å². The molecule has 0 aliphatic carbocycles. The van der Waals surface area contributed by atoms with Crippen molar-refractivity contribution in [1.29, 1.82) is 0 Å². The van der Waals surface area contributed by atoms with E-state index in [-0.39, 0.29) is 5.78 Å². The fourth-order valence-electron chi connectivity index (χ4n) is 2.39. The molecule has 1 aliphatic heterocycles. The number of fused-ring (bicyclic) bond motifs is 1. The van der Waals surface area contributed by atoms with E-state index in [1.165, 1.54) is 0 Å². The predicted octanol–water partition coefficient (Wildman–Crippen LogP) is 3.83. The van der Waals surface area contributed by atoms with Gasteiger partial charge in [0.15, 0.2) is 5.78 Å². The molecule has 0 N–H and O–H groups in total. The lowest BCUT2D eigenvalue weighted by atomic mass is 10.0. The second-order valence-electron chi connectivity index (χ2n) is 5.02. The van der Waals surface area contributed by atoms with Crippen LogP contribution in [-0.2, 0) is 0 Å². The first kappa shape index (κ1) is 15.7. The number of carbonyl (C=O) groups excluding carboxylic acids is 1. The van der Waals surface area contributed by atoms with Gasteiger partial charge in [-0.05, 0) is 36.4 Å². The van der Waals surface area contributed by atoms with Crippen molar-refractivity contribution in [3.8, 4) is 17.2 Å². The first-order chi connectivity index (χ1) is 11.3. The Morgan fingerprint density at radius 1 is 1.17 bits per heavy atom. The highest BCUT2D eigenvalue weighted by Crippen LogP contribution is 2.33. The number of ether oxygens (including phenoxy) is 3. The van der Waals surface area contributed by atoms with Crippen molar-refractivity contribution < 1.29 is 19.0 Å². The number of rotatable bonds is 6. The van der Waals surface area contributed by atoms with Gasteiger partial charge in [-0.15, -0.1) is 11.8 Å². The van der Waals surface area contributed by atoms with Gasteiger partial charge in [-0.2, -0.15) is 0 Å². The summed E-state index contributed by atoms with van der Waals surface area (Å²) in [6.45, 7) is 0.975. The van der Waals surface area contributed by atoms with E-state index in [4.69, 9.17) is 14.2 Å². The number of carbonyl (C=O) groups is 1. The third-order valence-corrected chi connectivity index (χ3v) is 4.50. The van der Waals surface area contributed by atoms with Crippen molar-refractivity contribution in [3.05, 3.63) is 48.0 Å². The molecule has 0 fully saturated rings. The molecule has 2 aromatic rings. The van der Waals surface area contributed by atoms with E-state index >= 15 is 0 Å². The summed E-state index contributed by atoms with van der Waals surface area (Å²) in [5.74, 6) is 2.97. The molecular weight excluding hydrogens is 312 g/mol. The summed E-state index contributed by atoms with van der Waals surface area (Å²) in [6.07, 6.45) is 0.411. The van der Waals surface area contributed by atoms with Crippen molar-refractivity contribution in [2.75, 3.05) is 26.1 Å². The highest BCUT2D eigenvalue weighted by Gasteiger charge is 2.22. The van der Waals surface area contributed by atoms with E-state index in [1.54, 1.807) is 18.9 Å². The molecule has 0 atom stereocenters. The number of hydrogen-bond acceptors (Lipinski definition) is 5. The predicted molar refractivity (Wildman–Crippen MR) is 90.1 cm³/mol. The lowest BCUT2D eigenvalue weighted by molar-refractivity contribution is 0.0928. The molecule has 0 saturated carbocycles. The van der Waals surface area contributed by atoms with Gasteiger partial charge in [0.1, 0.15) is 22.8 Å². The van der Waals surface area contributed by atoms with Crippen LogP contribution in [0, 0.1) is 0 Å². The Morgan fingerprint density at radius 2 is 2.00 bits per heavy atom. The highest BCUT2D eigenvalue weighted by atomic mass is 32.2. The SMILES string of the molecule is COc1ccc(SCCOc2cccc3c2C(=O)CCO3)cc1. The Balaban J connectivity index is 1.56. The molecule has 23 heavy (non-hydrogen) atoms. The van der Waals surface area contributed by atoms with E-state index in [9.17, 15) is 4.79 Å². The topological polar surface area (TPSA) is 44.8 Å². The van der Waals surface area contributed by atoms with Gasteiger partial charge in [0.05, 0.1) is 20.3 Å². The summed E-state index contributed by atoms with van der Waals surface area (Å²) in [4.78, 5) is 13.2. The van der Waals surface area contributed by atoms with Crippen LogP contribution in [-0.4, -0.2) is 31.9 Å². The first-order valence-electron chi connectivity index (χ1n) is 7.46. The smallest absolute Gasteiger partial charge is 0.173 e. The zero-order chi connectivity index (χ0) is 16.1. The van der Waals surface area contributed by atoms with Gasteiger partial charge in [-0.3, -0.25) is 4.79 Å². The van der Waals surface area contributed by atoms with Crippen molar-refractivity contribution >= 4 is 17.5 Å². The maximum absolute atomic E-state index is 12.0. The average molecular weight is 330 g/mol. The van der Waals surface area contributed by atoms with Crippen molar-refractivity contribution in [1.82, 2.24) is 0 Å². The van der Waals surface area contributed by atoms with Gasteiger partial charge in [-0.1, -0.05) is 6.07 Å². The van der Waals surface area contributed by atoms with Crippen molar-refractivity contribution in [2.45, 2.75) is 11.3 Å². The zero-order valence-corrected chi connectivity index (χ0v) is 13.7. The fourth-order valence-corrected chi connectivity index (χ4v) is 3.12. The maximum atomic E-state index is 12.0. The molecule has 0 bridgehead atoms. The number of benzene rings is 2. The molecular formula is C18H18O4S. The van der Waals surface area contributed by atoms with Crippen LogP contribution in [0.4, 0.5) is 0 Å². The van der Waals surface area contributed by atoms with Crippen LogP contribution < -0.4 is 14.2 Å². The monoisotopic (exact) mass is 330 g/mol. The first-order valence-corrected chi connectivity index (χ1v) is 8.45. The second-order valence-corrected chi connectivity index (χ2v) is 6.19. The third-order valence-electron chi connectivity index (χ3n) is 3.52. The molecule has 0 amide bonds. The minimum absolute atomic E-state index is 0.0876. The lowest BCUT2D eigenvalue weighted by Gasteiger charge is -2.19. The van der Waals surface area contributed by atoms with Gasteiger partial charge in [0.2, 0.25) is 0 Å². The minimum Gasteiger partial charge on any atom is -0.497 e. The standard InChI is InChI=1S/C18H18O4S/c1-20-13-5-7-14(8-6-13)23-12-11-22-17-4-2-3-16-18(17)15(19)9-10-21-16/h2-8H,9-12H2,1H3. The Hall–Kier alpha value is -2.14. The molecule has 2 aromatic carbocycles. The number of Topliss-reactive ketones (excluding diaryl/α,β-unsaturated/α-hetero) is 1. The number of thioether (sulfide) groups is 1. The van der Waals surface area contributed by atoms with E-state index in [2.05, 4.69) is 0 Å². The molecule has 1 aliphatic rings. The van der Waals surface area contributed by atoms with E-state index in [0.717, 1.165) is 16.4 Å². The summed E-state index contributed by atoms with van der Waals surface area (Å²) in [7, 11) is 1.65. The van der Waals surface area contributed by atoms with Crippen molar-refractivity contribution in [2.24, 2.45) is 0 Å². The lowest BCUT2D eigenvalue weighted by Crippen LogP contribution is -2.17. The van der Waals surface area contributed by atoms with Crippen LogP contribution in [0.5, 0.6) is 17.2 Å². The van der Waals surface area contributed by atoms with Gasteiger partial charge in [0, 0.05) is 17.1 Å². The molecule has 4 nitrogen and oxygen atoms in total. The quantitative estimate of drug-likeness (QED) is 0.595. The molecule has 0 unspecified atom stereocenters. The molecule has 0 aromatic heterocycles. The Morgan fingerprint density at radius 3 is 2.78 bits per heavy atom. The molecule has 120 valence electrons. The average Bonchev–Trinajstić information content (AvgIpc) is 2.59. The van der Waals surface area contributed by atoms with Crippen LogP contribution in [0.15, 0.2) is 47.4 Å². The van der Waals surface area contributed by atoms with E-state index in [0.29, 0.717) is 36.7 Å². The largest absolute Gasteiger partial charge is 0.497 e. The summed E-state index contributed by atoms with van der Waals surface area (Å²) in [5, 5.41) is 0. The van der Waals surface area contributed by atoms with Gasteiger partial charge >= 0.3 is 0 Å². The second kappa shape index (κ2) is 7.42. The van der Waals surface area contributed by atoms with Gasteiger partial charge < -0.3 is 14.2 Å². The van der Waals surface area contributed by atoms with Crippen LogP contribution in [0.25, 0.3) is 0 Å². The highest BCUT2D eigenvalue weighted by molar-refractivity contribution is 7.99. The molecule has 0 spiro atoms. The molecule has 0 radical (unpaired) electrons. The fraction of sp³-hybridized carbons (Fsp3) is 0.278. The summed E-state index contributed by atoms with van der Waals surface area (Å²) in [6, 6.07) is 13.4. The molecule has 5 heteroatoms. The maximum Gasteiger partial charge on any atom is 0.173 e.